The van der Waals surface area contributed by atoms with Crippen LogP contribution in [0.15, 0.2) is 21.5 Å². The van der Waals surface area contributed by atoms with Gasteiger partial charge in [-0.15, -0.1) is 23.1 Å². The quantitative estimate of drug-likeness (QED) is 0.191. The summed E-state index contributed by atoms with van der Waals surface area (Å²) in [5.74, 6) is -3.08. The molecule has 0 aromatic carbocycles. The molecule has 1 aromatic heterocycles. The maximum atomic E-state index is 13.3. The number of nitrogens with one attached hydrogen (secondary N) is 3. The topological polar surface area (TPSA) is 201 Å². The van der Waals surface area contributed by atoms with Crippen molar-refractivity contribution in [1.29, 1.82) is 0 Å². The average Bonchev–Trinajstić information content (AvgIpc) is 3.27. The number of aromatic nitrogens is 1. The van der Waals surface area contributed by atoms with E-state index in [9.17, 15) is 33.6 Å². The summed E-state index contributed by atoms with van der Waals surface area (Å²) in [5, 5.41) is 20.2. The number of thiazole rings is 1. The summed E-state index contributed by atoms with van der Waals surface area (Å²) in [6.07, 6.45) is 1.41. The number of hydrogen-bond acceptors (Lipinski definition) is 11. The third-order valence-electron chi connectivity index (χ3n) is 7.64. The minimum absolute atomic E-state index is 0.00242. The molecule has 3 atom stereocenters. The van der Waals surface area contributed by atoms with E-state index in [4.69, 9.17) is 5.11 Å². The molecule has 1 aromatic rings. The molecule has 0 bridgehead atoms. The van der Waals surface area contributed by atoms with Crippen LogP contribution in [-0.2, 0) is 40.1 Å². The van der Waals surface area contributed by atoms with E-state index in [-0.39, 0.29) is 61.2 Å². The second kappa shape index (κ2) is 13.9. The van der Waals surface area contributed by atoms with Gasteiger partial charge in [-0.05, 0) is 37.7 Å². The van der Waals surface area contributed by atoms with Crippen molar-refractivity contribution in [3.8, 4) is 0 Å². The van der Waals surface area contributed by atoms with Crippen LogP contribution in [0.3, 0.4) is 0 Å². The van der Waals surface area contributed by atoms with Crippen LogP contribution in [0.25, 0.3) is 0 Å². The lowest BCUT2D eigenvalue weighted by Crippen LogP contribution is -2.41. The first kappa shape index (κ1) is 33.2. The van der Waals surface area contributed by atoms with Crippen LogP contribution in [0.5, 0.6) is 0 Å². The molecule has 3 heterocycles. The molecule has 1 spiro atoms. The number of aliphatic imine (C=N–C) groups is 1. The molecule has 0 radical (unpaired) electrons. The first-order chi connectivity index (χ1) is 20.8. The SMILES string of the molecule is CC(=O)C[C@@H](NC(C)=O)C(=O)C[C@@H](C)CCC(=O)C1=C(CC(=O)NCc2nc(C3=NC(C(=O)O)CS3)cs2)C2(CC2)NC1=O. The molecular weight excluding hydrogens is 610 g/mol. The molecule has 4 N–H and O–H groups in total. The molecular formula is C29H35N5O8S2. The summed E-state index contributed by atoms with van der Waals surface area (Å²) >= 11 is 2.63. The third kappa shape index (κ3) is 8.25. The summed E-state index contributed by atoms with van der Waals surface area (Å²) in [5.41, 5.74) is 0.375. The fourth-order valence-electron chi connectivity index (χ4n) is 5.23. The molecule has 3 amide bonds. The highest BCUT2D eigenvalue weighted by atomic mass is 32.2. The lowest BCUT2D eigenvalue weighted by atomic mass is 9.90. The van der Waals surface area contributed by atoms with Gasteiger partial charge in [0.15, 0.2) is 17.6 Å². The van der Waals surface area contributed by atoms with Gasteiger partial charge in [0.1, 0.15) is 21.5 Å². The van der Waals surface area contributed by atoms with Gasteiger partial charge in [0.25, 0.3) is 5.91 Å². The molecule has 1 saturated carbocycles. The number of rotatable bonds is 16. The van der Waals surface area contributed by atoms with Gasteiger partial charge < -0.3 is 21.1 Å². The van der Waals surface area contributed by atoms with E-state index >= 15 is 0 Å². The number of ketones is 3. The van der Waals surface area contributed by atoms with E-state index < -0.39 is 41.2 Å². The van der Waals surface area contributed by atoms with Crippen LogP contribution in [0.2, 0.25) is 0 Å². The number of carbonyl (C=O) groups excluding carboxylic acids is 6. The van der Waals surface area contributed by atoms with Crippen molar-refractivity contribution in [2.24, 2.45) is 10.9 Å². The van der Waals surface area contributed by atoms with Crippen molar-refractivity contribution in [3.63, 3.8) is 0 Å². The first-order valence-electron chi connectivity index (χ1n) is 14.3. The van der Waals surface area contributed by atoms with Crippen LogP contribution in [0, 0.1) is 5.92 Å². The summed E-state index contributed by atoms with van der Waals surface area (Å²) in [6, 6.07) is -1.71. The zero-order valence-corrected chi connectivity index (χ0v) is 26.3. The molecule has 44 heavy (non-hydrogen) atoms. The van der Waals surface area contributed by atoms with Crippen molar-refractivity contribution < 1.29 is 38.7 Å². The highest BCUT2D eigenvalue weighted by Crippen LogP contribution is 2.48. The molecule has 2 aliphatic heterocycles. The number of Topliss-reactive ketones (excluding diaryl/α,β-unsaturated/α-hetero) is 3. The van der Waals surface area contributed by atoms with E-state index in [1.165, 1.54) is 36.9 Å². The molecule has 15 heteroatoms. The number of carboxylic acids is 1. The second-order valence-corrected chi connectivity index (χ2v) is 13.4. The van der Waals surface area contributed by atoms with Gasteiger partial charge in [0.2, 0.25) is 11.8 Å². The average molecular weight is 646 g/mol. The van der Waals surface area contributed by atoms with Crippen LogP contribution < -0.4 is 16.0 Å². The molecule has 4 rings (SSSR count). The second-order valence-electron chi connectivity index (χ2n) is 11.5. The van der Waals surface area contributed by atoms with Crippen LogP contribution in [0.1, 0.15) is 76.4 Å². The maximum absolute atomic E-state index is 13.3. The minimum atomic E-state index is -0.988. The molecule has 1 fully saturated rings. The van der Waals surface area contributed by atoms with Crippen LogP contribution in [-0.4, -0.2) is 79.6 Å². The van der Waals surface area contributed by atoms with Crippen molar-refractivity contribution in [3.05, 3.63) is 27.2 Å². The smallest absolute Gasteiger partial charge is 0.329 e. The number of carbonyl (C=O) groups is 7. The Morgan fingerprint density at radius 3 is 2.50 bits per heavy atom. The largest absolute Gasteiger partial charge is 0.480 e. The van der Waals surface area contributed by atoms with Gasteiger partial charge in [-0.2, -0.15) is 0 Å². The molecule has 13 nitrogen and oxygen atoms in total. The van der Waals surface area contributed by atoms with Crippen molar-refractivity contribution >= 4 is 69.2 Å². The predicted molar refractivity (Wildman–Crippen MR) is 162 cm³/mol. The number of nitrogens with zero attached hydrogens (tertiary/aromatic N) is 2. The highest BCUT2D eigenvalue weighted by molar-refractivity contribution is 8.14. The lowest BCUT2D eigenvalue weighted by molar-refractivity contribution is -0.138. The Hall–Kier alpha value is -3.72. The Balaban J connectivity index is 1.34. The molecule has 3 aliphatic rings. The predicted octanol–water partition coefficient (Wildman–Crippen LogP) is 1.48. The zero-order valence-electron chi connectivity index (χ0n) is 24.7. The van der Waals surface area contributed by atoms with E-state index in [1.807, 2.05) is 0 Å². The number of amides is 3. The Kier molecular flexibility index (Phi) is 10.5. The van der Waals surface area contributed by atoms with Gasteiger partial charge in [-0.1, -0.05) is 6.92 Å². The van der Waals surface area contributed by atoms with Gasteiger partial charge in [-0.3, -0.25) is 33.8 Å². The zero-order chi connectivity index (χ0) is 32.2. The number of aliphatic carboxylic acids is 1. The van der Waals surface area contributed by atoms with Gasteiger partial charge in [-0.25, -0.2) is 9.78 Å². The van der Waals surface area contributed by atoms with Crippen molar-refractivity contribution in [2.45, 2.75) is 89.9 Å². The molecule has 1 unspecified atom stereocenters. The summed E-state index contributed by atoms with van der Waals surface area (Å²) < 4.78 is 0. The lowest BCUT2D eigenvalue weighted by Gasteiger charge is -2.18. The fraction of sp³-hybridized carbons (Fsp3) is 0.552. The van der Waals surface area contributed by atoms with Gasteiger partial charge in [0, 0.05) is 37.3 Å². The van der Waals surface area contributed by atoms with E-state index in [2.05, 4.69) is 25.9 Å². The van der Waals surface area contributed by atoms with Crippen LogP contribution >= 0.6 is 23.1 Å². The highest BCUT2D eigenvalue weighted by Gasteiger charge is 2.55. The molecule has 0 saturated heterocycles. The summed E-state index contributed by atoms with van der Waals surface area (Å²) in [4.78, 5) is 94.5. The Bertz CT molecular complexity index is 1440. The Morgan fingerprint density at radius 1 is 1.16 bits per heavy atom. The van der Waals surface area contributed by atoms with E-state index in [0.29, 0.717) is 46.3 Å². The van der Waals surface area contributed by atoms with E-state index in [0.717, 1.165) is 0 Å². The standard InChI is InChI=1S/C29H35N5O8S2/c1-14(8-22(38)18(9-15(2)35)31-16(3)36)4-5-21(37)25-17(29(6-7-29)34-26(25)40)10-23(39)30-11-24-32-19(12-43-24)27-33-20(13-44-27)28(41)42/h12,14,18,20H,4-11,13H2,1-3H3,(H,30,39)(H,31,36)(H,34,40)(H,41,42)/t14-,18+,20?/m0/s1. The first-order valence-corrected chi connectivity index (χ1v) is 16.2. The normalized spacial score (nSPS) is 19.7. The minimum Gasteiger partial charge on any atom is -0.480 e. The number of carboxylic acid groups (broad SMARTS) is 1. The van der Waals surface area contributed by atoms with Crippen molar-refractivity contribution in [1.82, 2.24) is 20.9 Å². The Morgan fingerprint density at radius 2 is 1.89 bits per heavy atom. The monoisotopic (exact) mass is 645 g/mol. The molecule has 236 valence electrons. The van der Waals surface area contributed by atoms with Crippen molar-refractivity contribution in [2.75, 3.05) is 5.75 Å². The van der Waals surface area contributed by atoms with Gasteiger partial charge in [0.05, 0.1) is 30.1 Å². The summed E-state index contributed by atoms with van der Waals surface area (Å²) in [6.45, 7) is 4.53. The van der Waals surface area contributed by atoms with Gasteiger partial charge >= 0.3 is 5.97 Å². The maximum Gasteiger partial charge on any atom is 0.329 e. The van der Waals surface area contributed by atoms with Crippen LogP contribution in [0.4, 0.5) is 0 Å². The summed E-state index contributed by atoms with van der Waals surface area (Å²) in [7, 11) is 0. The number of hydrogen-bond donors (Lipinski definition) is 4. The third-order valence-corrected chi connectivity index (χ3v) is 9.56. The number of thioether (sulfide) groups is 1. The Labute approximate surface area is 262 Å². The van der Waals surface area contributed by atoms with E-state index in [1.54, 1.807) is 12.3 Å². The fourth-order valence-corrected chi connectivity index (χ4v) is 7.01. The molecule has 1 aliphatic carbocycles.